The highest BCUT2D eigenvalue weighted by Gasteiger charge is 2.27. The molecule has 4 nitrogen and oxygen atoms in total. The molecule has 1 unspecified atom stereocenters. The topological polar surface area (TPSA) is 63.6 Å². The zero-order valence-corrected chi connectivity index (χ0v) is 11.1. The van der Waals surface area contributed by atoms with Crippen LogP contribution in [0.25, 0.3) is 0 Å². The molecular weight excluding hydrogens is 220 g/mol. The Bertz CT molecular complexity index is 305. The first-order valence-corrected chi connectivity index (χ1v) is 5.74. The summed E-state index contributed by atoms with van der Waals surface area (Å²) in [4.78, 5) is 22.8. The minimum absolute atomic E-state index is 0.0000397. The van der Waals surface area contributed by atoms with E-state index in [1.54, 1.807) is 20.8 Å². The van der Waals surface area contributed by atoms with Crippen LogP contribution in [-0.2, 0) is 14.3 Å². The summed E-state index contributed by atoms with van der Waals surface area (Å²) in [6.07, 6.45) is 0.148. The molecule has 0 spiro atoms. The molecule has 4 heteroatoms. The lowest BCUT2D eigenvalue weighted by Gasteiger charge is -2.21. The van der Waals surface area contributed by atoms with Gasteiger partial charge in [0.1, 0.15) is 12.4 Å². The fourth-order valence-electron chi connectivity index (χ4n) is 1.12. The van der Waals surface area contributed by atoms with Crippen molar-refractivity contribution in [2.45, 2.75) is 46.6 Å². The Hall–Kier alpha value is -1.16. The van der Waals surface area contributed by atoms with Crippen LogP contribution in [0.15, 0.2) is 12.2 Å². The predicted octanol–water partition coefficient (Wildman–Crippen LogP) is 1.86. The summed E-state index contributed by atoms with van der Waals surface area (Å²) >= 11 is 0. The molecule has 0 rings (SSSR count). The lowest BCUT2D eigenvalue weighted by molar-refractivity contribution is -0.142. The molecule has 0 aromatic rings. The molecule has 0 saturated carbocycles. The lowest BCUT2D eigenvalue weighted by Crippen LogP contribution is -2.25. The molecule has 0 aromatic carbocycles. The van der Waals surface area contributed by atoms with E-state index >= 15 is 0 Å². The number of carbonyl (C=O) groups is 2. The van der Waals surface area contributed by atoms with Gasteiger partial charge in [0.2, 0.25) is 0 Å². The van der Waals surface area contributed by atoms with Crippen LogP contribution >= 0.6 is 0 Å². The number of aliphatic hydroxyl groups is 1. The molecule has 0 amide bonds. The Labute approximate surface area is 103 Å². The molecule has 17 heavy (non-hydrogen) atoms. The quantitative estimate of drug-likeness (QED) is 0.546. The highest BCUT2D eigenvalue weighted by Crippen LogP contribution is 2.25. The van der Waals surface area contributed by atoms with Crippen molar-refractivity contribution < 1.29 is 19.4 Å². The normalized spacial score (nSPS) is 13.0. The maximum atomic E-state index is 11.5. The van der Waals surface area contributed by atoms with Gasteiger partial charge < -0.3 is 9.84 Å². The van der Waals surface area contributed by atoms with Gasteiger partial charge in [-0.25, -0.2) is 4.79 Å². The van der Waals surface area contributed by atoms with Crippen molar-refractivity contribution in [3.63, 3.8) is 0 Å². The summed E-state index contributed by atoms with van der Waals surface area (Å²) < 4.78 is 4.88. The van der Waals surface area contributed by atoms with E-state index in [1.165, 1.54) is 6.92 Å². The number of Topliss-reactive ketones (excluding diaryl/α,β-unsaturated/α-hetero) is 1. The Kier molecular flexibility index (Phi) is 6.10. The minimum atomic E-state index is -0.646. The van der Waals surface area contributed by atoms with Gasteiger partial charge in [-0.15, -0.1) is 0 Å². The maximum absolute atomic E-state index is 11.5. The van der Waals surface area contributed by atoms with Crippen LogP contribution in [0.1, 0.15) is 40.5 Å². The Morgan fingerprint density at radius 3 is 2.35 bits per heavy atom. The second-order valence-electron chi connectivity index (χ2n) is 4.88. The average molecular weight is 242 g/mol. The summed E-state index contributed by atoms with van der Waals surface area (Å²) in [7, 11) is 0. The van der Waals surface area contributed by atoms with Crippen molar-refractivity contribution in [3.8, 4) is 0 Å². The molecule has 0 aliphatic rings. The number of ketones is 1. The fraction of sp³-hybridized carbons (Fsp3) is 0.692. The summed E-state index contributed by atoms with van der Waals surface area (Å²) in [6.45, 7) is 10.4. The SMILES string of the molecule is C=C(CC(C)(C)C(C)=O)C(=O)OCC(O)CC. The Balaban J connectivity index is 4.24. The van der Waals surface area contributed by atoms with E-state index in [0.717, 1.165) is 0 Å². The van der Waals surface area contributed by atoms with Gasteiger partial charge in [0.25, 0.3) is 0 Å². The molecule has 0 bridgehead atoms. The van der Waals surface area contributed by atoms with Crippen molar-refractivity contribution in [1.29, 1.82) is 0 Å². The van der Waals surface area contributed by atoms with Crippen molar-refractivity contribution in [2.75, 3.05) is 6.61 Å². The Morgan fingerprint density at radius 1 is 1.41 bits per heavy atom. The molecule has 1 N–H and O–H groups in total. The number of carbonyl (C=O) groups excluding carboxylic acids is 2. The van der Waals surface area contributed by atoms with E-state index < -0.39 is 17.5 Å². The number of hydrogen-bond donors (Lipinski definition) is 1. The van der Waals surface area contributed by atoms with Crippen LogP contribution in [0, 0.1) is 5.41 Å². The van der Waals surface area contributed by atoms with E-state index in [0.29, 0.717) is 6.42 Å². The third-order valence-electron chi connectivity index (χ3n) is 2.78. The minimum Gasteiger partial charge on any atom is -0.460 e. The molecule has 0 saturated heterocycles. The van der Waals surface area contributed by atoms with Gasteiger partial charge in [0, 0.05) is 11.0 Å². The second-order valence-corrected chi connectivity index (χ2v) is 4.88. The van der Waals surface area contributed by atoms with E-state index in [2.05, 4.69) is 6.58 Å². The highest BCUT2D eigenvalue weighted by molar-refractivity contribution is 5.90. The molecule has 0 radical (unpaired) electrons. The third-order valence-corrected chi connectivity index (χ3v) is 2.78. The summed E-state index contributed by atoms with van der Waals surface area (Å²) in [5, 5.41) is 9.25. The van der Waals surface area contributed by atoms with Gasteiger partial charge in [-0.2, -0.15) is 0 Å². The number of rotatable bonds is 7. The van der Waals surface area contributed by atoms with Crippen LogP contribution in [-0.4, -0.2) is 29.6 Å². The zero-order chi connectivity index (χ0) is 13.6. The average Bonchev–Trinajstić information content (AvgIpc) is 2.24. The van der Waals surface area contributed by atoms with E-state index in [4.69, 9.17) is 4.74 Å². The van der Waals surface area contributed by atoms with Gasteiger partial charge in [-0.05, 0) is 19.8 Å². The first-order chi connectivity index (χ1) is 7.70. The maximum Gasteiger partial charge on any atom is 0.333 e. The van der Waals surface area contributed by atoms with Gasteiger partial charge in [0.05, 0.1) is 6.10 Å². The van der Waals surface area contributed by atoms with Crippen molar-refractivity contribution in [3.05, 3.63) is 12.2 Å². The Morgan fingerprint density at radius 2 is 1.94 bits per heavy atom. The van der Waals surface area contributed by atoms with Crippen molar-refractivity contribution in [1.82, 2.24) is 0 Å². The number of ether oxygens (including phenoxy) is 1. The number of aliphatic hydroxyl groups excluding tert-OH is 1. The van der Waals surface area contributed by atoms with Crippen molar-refractivity contribution >= 4 is 11.8 Å². The molecule has 0 heterocycles. The third kappa shape index (κ3) is 5.63. The zero-order valence-electron chi connectivity index (χ0n) is 11.1. The molecule has 0 aliphatic heterocycles. The van der Waals surface area contributed by atoms with Crippen LogP contribution in [0.4, 0.5) is 0 Å². The van der Waals surface area contributed by atoms with E-state index in [9.17, 15) is 14.7 Å². The lowest BCUT2D eigenvalue weighted by atomic mass is 9.82. The van der Waals surface area contributed by atoms with Crippen LogP contribution < -0.4 is 0 Å². The summed E-state index contributed by atoms with van der Waals surface area (Å²) in [6, 6.07) is 0. The fourth-order valence-corrected chi connectivity index (χ4v) is 1.12. The smallest absolute Gasteiger partial charge is 0.333 e. The molecule has 98 valence electrons. The van der Waals surface area contributed by atoms with Gasteiger partial charge in [0.15, 0.2) is 0 Å². The number of hydrogen-bond acceptors (Lipinski definition) is 4. The largest absolute Gasteiger partial charge is 0.460 e. The standard InChI is InChI=1S/C13H22O4/c1-6-11(15)8-17-12(16)9(2)7-13(4,5)10(3)14/h11,15H,2,6-8H2,1,3-5H3. The van der Waals surface area contributed by atoms with Crippen molar-refractivity contribution in [2.24, 2.45) is 5.41 Å². The second kappa shape index (κ2) is 6.55. The van der Waals surface area contributed by atoms with Crippen LogP contribution in [0.2, 0.25) is 0 Å². The van der Waals surface area contributed by atoms with Crippen LogP contribution in [0.5, 0.6) is 0 Å². The molecule has 0 aliphatic carbocycles. The van der Waals surface area contributed by atoms with E-state index in [1.807, 2.05) is 0 Å². The van der Waals surface area contributed by atoms with E-state index in [-0.39, 0.29) is 24.4 Å². The van der Waals surface area contributed by atoms with Gasteiger partial charge in [-0.1, -0.05) is 27.4 Å². The molecule has 1 atom stereocenters. The predicted molar refractivity (Wildman–Crippen MR) is 65.5 cm³/mol. The first kappa shape index (κ1) is 15.8. The number of esters is 1. The summed E-state index contributed by atoms with van der Waals surface area (Å²) in [5.41, 5.74) is -0.354. The molecule has 0 fully saturated rings. The monoisotopic (exact) mass is 242 g/mol. The molecule has 0 aromatic heterocycles. The van der Waals surface area contributed by atoms with Gasteiger partial charge >= 0.3 is 5.97 Å². The van der Waals surface area contributed by atoms with Gasteiger partial charge in [-0.3, -0.25) is 4.79 Å². The molecular formula is C13H22O4. The summed E-state index contributed by atoms with van der Waals surface area (Å²) in [5.74, 6) is -0.549. The van der Waals surface area contributed by atoms with Crippen LogP contribution in [0.3, 0.4) is 0 Å². The first-order valence-electron chi connectivity index (χ1n) is 5.74. The highest BCUT2D eigenvalue weighted by atomic mass is 16.5.